The Morgan fingerprint density at radius 2 is 2.12 bits per heavy atom. The van der Waals surface area contributed by atoms with Gasteiger partial charge in [0, 0.05) is 12.4 Å². The van der Waals surface area contributed by atoms with E-state index in [4.69, 9.17) is 0 Å². The van der Waals surface area contributed by atoms with E-state index in [0.29, 0.717) is 0 Å². The van der Waals surface area contributed by atoms with Crippen molar-refractivity contribution in [3.8, 4) is 0 Å². The minimum Gasteiger partial charge on any atom is -0.481 e. The van der Waals surface area contributed by atoms with Crippen LogP contribution in [0.25, 0.3) is 10.9 Å². The van der Waals surface area contributed by atoms with Crippen LogP contribution in [-0.4, -0.2) is 20.9 Å². The third-order valence-corrected chi connectivity index (χ3v) is 2.97. The predicted molar refractivity (Wildman–Crippen MR) is 61.4 cm³/mol. The van der Waals surface area contributed by atoms with Crippen LogP contribution in [0.5, 0.6) is 0 Å². The summed E-state index contributed by atoms with van der Waals surface area (Å²) in [6.45, 7) is 3.41. The Morgan fingerprint density at radius 1 is 1.44 bits per heavy atom. The van der Waals surface area contributed by atoms with E-state index in [0.717, 1.165) is 16.5 Å². The molecule has 0 atom stereocenters. The fourth-order valence-corrected chi connectivity index (χ4v) is 1.85. The van der Waals surface area contributed by atoms with E-state index >= 15 is 0 Å². The zero-order valence-electron chi connectivity index (χ0n) is 9.56. The molecule has 4 nitrogen and oxygen atoms in total. The quantitative estimate of drug-likeness (QED) is 0.838. The second-order valence-corrected chi connectivity index (χ2v) is 4.44. The first-order chi connectivity index (χ1) is 7.44. The Labute approximate surface area is 93.5 Å². The maximum absolute atomic E-state index is 11.3. The maximum atomic E-state index is 11.3. The van der Waals surface area contributed by atoms with E-state index in [-0.39, 0.29) is 0 Å². The van der Waals surface area contributed by atoms with Gasteiger partial charge in [-0.25, -0.2) is 0 Å². The summed E-state index contributed by atoms with van der Waals surface area (Å²) in [6, 6.07) is 5.64. The zero-order chi connectivity index (χ0) is 11.9. The van der Waals surface area contributed by atoms with E-state index in [2.05, 4.69) is 5.10 Å². The van der Waals surface area contributed by atoms with Crippen molar-refractivity contribution in [2.24, 2.45) is 7.05 Å². The second kappa shape index (κ2) is 3.33. The lowest BCUT2D eigenvalue weighted by Crippen LogP contribution is -2.29. The fraction of sp³-hybridized carbons (Fsp3) is 0.333. The topological polar surface area (TPSA) is 55.1 Å². The molecule has 2 rings (SSSR count). The van der Waals surface area contributed by atoms with Crippen molar-refractivity contribution in [3.63, 3.8) is 0 Å². The van der Waals surface area contributed by atoms with Crippen LogP contribution >= 0.6 is 0 Å². The lowest BCUT2D eigenvalue weighted by Gasteiger charge is -2.20. The first-order valence-corrected chi connectivity index (χ1v) is 5.09. The Morgan fingerprint density at radius 3 is 2.75 bits per heavy atom. The average Bonchev–Trinajstić information content (AvgIpc) is 2.60. The second-order valence-electron chi connectivity index (χ2n) is 4.44. The van der Waals surface area contributed by atoms with Gasteiger partial charge >= 0.3 is 5.97 Å². The van der Waals surface area contributed by atoms with Crippen LogP contribution in [0.3, 0.4) is 0 Å². The van der Waals surface area contributed by atoms with Gasteiger partial charge in [0.05, 0.1) is 17.1 Å². The van der Waals surface area contributed by atoms with Crippen molar-refractivity contribution in [2.75, 3.05) is 0 Å². The highest BCUT2D eigenvalue weighted by molar-refractivity contribution is 5.90. The highest BCUT2D eigenvalue weighted by Gasteiger charge is 2.31. The van der Waals surface area contributed by atoms with E-state index in [1.807, 2.05) is 25.2 Å². The van der Waals surface area contributed by atoms with Gasteiger partial charge in [0.1, 0.15) is 0 Å². The van der Waals surface area contributed by atoms with Gasteiger partial charge in [0.2, 0.25) is 0 Å². The Hall–Kier alpha value is -1.84. The standard InChI is InChI=1S/C12H14N2O2/c1-12(2,11(15)16)9-6-4-5-8-7-13-14(3)10(8)9/h4-7H,1-3H3,(H,15,16). The zero-order valence-corrected chi connectivity index (χ0v) is 9.56. The normalized spacial score (nSPS) is 11.9. The molecule has 0 unspecified atom stereocenters. The molecule has 0 bridgehead atoms. The number of benzene rings is 1. The summed E-state index contributed by atoms with van der Waals surface area (Å²) in [5, 5.41) is 14.4. The number of hydrogen-bond acceptors (Lipinski definition) is 2. The molecule has 2 aromatic rings. The van der Waals surface area contributed by atoms with Crippen molar-refractivity contribution in [3.05, 3.63) is 30.0 Å². The molecule has 16 heavy (non-hydrogen) atoms. The van der Waals surface area contributed by atoms with Gasteiger partial charge in [-0.05, 0) is 19.4 Å². The molecular formula is C12H14N2O2. The number of fused-ring (bicyclic) bond motifs is 1. The van der Waals surface area contributed by atoms with Crippen LogP contribution in [0.4, 0.5) is 0 Å². The summed E-state index contributed by atoms with van der Waals surface area (Å²) in [5.41, 5.74) is 0.764. The van der Waals surface area contributed by atoms with E-state index in [1.54, 1.807) is 24.7 Å². The van der Waals surface area contributed by atoms with E-state index in [9.17, 15) is 9.90 Å². The van der Waals surface area contributed by atoms with Gasteiger partial charge in [-0.3, -0.25) is 9.48 Å². The third-order valence-electron chi connectivity index (χ3n) is 2.97. The van der Waals surface area contributed by atoms with Gasteiger partial charge < -0.3 is 5.11 Å². The number of nitrogens with zero attached hydrogens (tertiary/aromatic N) is 2. The first kappa shape index (κ1) is 10.7. The molecule has 1 aromatic carbocycles. The maximum Gasteiger partial charge on any atom is 0.313 e. The van der Waals surface area contributed by atoms with Crippen LogP contribution in [-0.2, 0) is 17.3 Å². The molecule has 0 spiro atoms. The summed E-state index contributed by atoms with van der Waals surface area (Å²) >= 11 is 0. The number of rotatable bonds is 2. The largest absolute Gasteiger partial charge is 0.481 e. The molecule has 1 aromatic heterocycles. The lowest BCUT2D eigenvalue weighted by molar-refractivity contribution is -0.142. The highest BCUT2D eigenvalue weighted by atomic mass is 16.4. The molecule has 1 N–H and O–H groups in total. The van der Waals surface area contributed by atoms with Crippen LogP contribution in [0.1, 0.15) is 19.4 Å². The minimum atomic E-state index is -0.909. The van der Waals surface area contributed by atoms with Crippen LogP contribution in [0.2, 0.25) is 0 Å². The van der Waals surface area contributed by atoms with Crippen LogP contribution in [0.15, 0.2) is 24.4 Å². The summed E-state index contributed by atoms with van der Waals surface area (Å²) in [6.07, 6.45) is 1.75. The van der Waals surface area contributed by atoms with Gasteiger partial charge in [0.25, 0.3) is 0 Å². The Kier molecular flexibility index (Phi) is 2.22. The molecular weight excluding hydrogens is 204 g/mol. The lowest BCUT2D eigenvalue weighted by atomic mass is 9.83. The number of aromatic nitrogens is 2. The number of para-hydroxylation sites is 1. The van der Waals surface area contributed by atoms with Crippen LogP contribution in [0, 0.1) is 0 Å². The summed E-state index contributed by atoms with van der Waals surface area (Å²) < 4.78 is 1.72. The monoisotopic (exact) mass is 218 g/mol. The SMILES string of the molecule is Cn1ncc2cccc(C(C)(C)C(=O)O)c21. The average molecular weight is 218 g/mol. The first-order valence-electron chi connectivity index (χ1n) is 5.09. The van der Waals surface area contributed by atoms with Crippen LogP contribution < -0.4 is 0 Å². The third kappa shape index (κ3) is 1.38. The van der Waals surface area contributed by atoms with Gasteiger partial charge in [-0.1, -0.05) is 18.2 Å². The molecule has 1 heterocycles. The highest BCUT2D eigenvalue weighted by Crippen LogP contribution is 2.30. The van der Waals surface area contributed by atoms with Gasteiger partial charge in [0.15, 0.2) is 0 Å². The number of carbonyl (C=O) groups is 1. The van der Waals surface area contributed by atoms with Crippen molar-refractivity contribution in [1.29, 1.82) is 0 Å². The van der Waals surface area contributed by atoms with Crippen molar-refractivity contribution >= 4 is 16.9 Å². The van der Waals surface area contributed by atoms with Crippen molar-refractivity contribution in [1.82, 2.24) is 9.78 Å². The number of carboxylic acids is 1. The molecule has 0 aliphatic carbocycles. The molecule has 0 fully saturated rings. The Balaban J connectivity index is 2.78. The molecule has 4 heteroatoms. The molecule has 0 radical (unpaired) electrons. The van der Waals surface area contributed by atoms with Crippen molar-refractivity contribution < 1.29 is 9.90 Å². The van der Waals surface area contributed by atoms with E-state index < -0.39 is 11.4 Å². The van der Waals surface area contributed by atoms with Crippen molar-refractivity contribution in [2.45, 2.75) is 19.3 Å². The Bertz CT molecular complexity index is 555. The molecule has 0 saturated heterocycles. The fourth-order valence-electron chi connectivity index (χ4n) is 1.85. The molecule has 84 valence electrons. The molecule has 0 aliphatic rings. The number of aliphatic carboxylic acids is 1. The summed E-state index contributed by atoms with van der Waals surface area (Å²) in [4.78, 5) is 11.3. The van der Waals surface area contributed by atoms with E-state index in [1.165, 1.54) is 0 Å². The molecule has 0 saturated carbocycles. The van der Waals surface area contributed by atoms with Gasteiger partial charge in [-0.2, -0.15) is 5.10 Å². The number of aryl methyl sites for hydroxylation is 1. The number of carboxylic acid groups (broad SMARTS) is 1. The minimum absolute atomic E-state index is 0.789. The summed E-state index contributed by atoms with van der Waals surface area (Å²) in [7, 11) is 1.82. The number of hydrogen-bond donors (Lipinski definition) is 1. The predicted octanol–water partition coefficient (Wildman–Crippen LogP) is 1.94. The smallest absolute Gasteiger partial charge is 0.313 e. The molecule has 0 amide bonds. The molecule has 0 aliphatic heterocycles. The van der Waals surface area contributed by atoms with Gasteiger partial charge in [-0.15, -0.1) is 0 Å². The summed E-state index contributed by atoms with van der Waals surface area (Å²) in [5.74, 6) is -0.832.